The summed E-state index contributed by atoms with van der Waals surface area (Å²) in [6.07, 6.45) is 1.79. The van der Waals surface area contributed by atoms with E-state index in [0.29, 0.717) is 25.4 Å². The van der Waals surface area contributed by atoms with Crippen LogP contribution >= 0.6 is 0 Å². The maximum Gasteiger partial charge on any atom is 0.501 e. The Bertz CT molecular complexity index is 1270. The summed E-state index contributed by atoms with van der Waals surface area (Å²) < 4.78 is 61.8. The van der Waals surface area contributed by atoms with Gasteiger partial charge in [-0.15, -0.1) is 0 Å². The number of halogens is 3. The number of aromatic nitrogens is 1. The largest absolute Gasteiger partial charge is 0.501 e. The lowest BCUT2D eigenvalue weighted by molar-refractivity contribution is -0.0436. The van der Waals surface area contributed by atoms with E-state index in [4.69, 9.17) is 0 Å². The van der Waals surface area contributed by atoms with Gasteiger partial charge in [-0.2, -0.15) is 13.2 Å². The fraction of sp³-hybridized carbons (Fsp3) is 0.348. The Hall–Kier alpha value is -2.85. The predicted octanol–water partition coefficient (Wildman–Crippen LogP) is 4.63. The molecular formula is C23H25F3N4O2S. The highest BCUT2D eigenvalue weighted by atomic mass is 32.2. The van der Waals surface area contributed by atoms with Crippen molar-refractivity contribution in [3.8, 4) is 0 Å². The lowest BCUT2D eigenvalue weighted by atomic mass is 10.0. The summed E-state index contributed by atoms with van der Waals surface area (Å²) in [5.41, 5.74) is -1.87. The van der Waals surface area contributed by atoms with E-state index in [1.54, 1.807) is 6.20 Å². The number of nitrogens with one attached hydrogen (secondary N) is 1. The lowest BCUT2D eigenvalue weighted by Crippen LogP contribution is -2.39. The van der Waals surface area contributed by atoms with Crippen LogP contribution in [-0.4, -0.2) is 49.6 Å². The number of hydrogen-bond donors (Lipinski definition) is 1. The van der Waals surface area contributed by atoms with E-state index in [1.165, 1.54) is 12.1 Å². The Morgan fingerprint density at radius 1 is 1.09 bits per heavy atom. The van der Waals surface area contributed by atoms with E-state index in [0.717, 1.165) is 34.3 Å². The summed E-state index contributed by atoms with van der Waals surface area (Å²) in [4.78, 5) is 8.04. The molecule has 0 radical (unpaired) electrons. The number of nitrogens with zero attached hydrogens (tertiary/aromatic N) is 3. The average Bonchev–Trinajstić information content (AvgIpc) is 3.06. The number of alkyl halides is 3. The number of benzene rings is 2. The molecule has 6 nitrogen and oxygen atoms in total. The Kier molecular flexibility index (Phi) is 5.78. The van der Waals surface area contributed by atoms with Crippen molar-refractivity contribution in [2.45, 2.75) is 36.3 Å². The molecule has 33 heavy (non-hydrogen) atoms. The van der Waals surface area contributed by atoms with Gasteiger partial charge >= 0.3 is 5.51 Å². The van der Waals surface area contributed by atoms with Crippen molar-refractivity contribution in [3.05, 3.63) is 60.3 Å². The first-order valence-electron chi connectivity index (χ1n) is 10.4. The van der Waals surface area contributed by atoms with Gasteiger partial charge in [-0.3, -0.25) is 9.88 Å². The van der Waals surface area contributed by atoms with Crippen LogP contribution in [0, 0.1) is 0 Å². The number of fused-ring (bicyclic) bond motifs is 1. The predicted molar refractivity (Wildman–Crippen MR) is 123 cm³/mol. The molecule has 1 saturated heterocycles. The molecule has 3 aromatic rings. The van der Waals surface area contributed by atoms with Gasteiger partial charge in [-0.1, -0.05) is 6.07 Å². The lowest BCUT2D eigenvalue weighted by Gasteiger charge is -2.30. The van der Waals surface area contributed by atoms with Crippen molar-refractivity contribution in [1.29, 1.82) is 0 Å². The van der Waals surface area contributed by atoms with E-state index < -0.39 is 20.2 Å². The number of pyridine rings is 1. The Balaban J connectivity index is 1.59. The molecule has 0 aliphatic carbocycles. The topological polar surface area (TPSA) is 65.5 Å². The van der Waals surface area contributed by atoms with Crippen LogP contribution in [0.5, 0.6) is 0 Å². The molecule has 10 heteroatoms. The molecule has 0 atom stereocenters. The second kappa shape index (κ2) is 8.18. The van der Waals surface area contributed by atoms with Crippen LogP contribution in [0.2, 0.25) is 0 Å². The van der Waals surface area contributed by atoms with Crippen molar-refractivity contribution in [3.63, 3.8) is 0 Å². The molecule has 1 N–H and O–H groups in total. The van der Waals surface area contributed by atoms with Gasteiger partial charge in [0.1, 0.15) is 0 Å². The molecule has 176 valence electrons. The van der Waals surface area contributed by atoms with E-state index in [2.05, 4.69) is 29.0 Å². The minimum atomic E-state index is -5.36. The van der Waals surface area contributed by atoms with E-state index >= 15 is 0 Å². The summed E-state index contributed by atoms with van der Waals surface area (Å²) in [5, 5.41) is 4.27. The molecule has 1 fully saturated rings. The molecule has 0 unspecified atom stereocenters. The van der Waals surface area contributed by atoms with Crippen molar-refractivity contribution in [1.82, 2.24) is 9.88 Å². The van der Waals surface area contributed by atoms with E-state index in [1.807, 2.05) is 36.2 Å². The number of sulfone groups is 1. The molecular weight excluding hydrogens is 453 g/mol. The maximum absolute atomic E-state index is 12.8. The highest BCUT2D eigenvalue weighted by Crippen LogP contribution is 2.35. The number of hydrogen-bond acceptors (Lipinski definition) is 6. The van der Waals surface area contributed by atoms with Crippen LogP contribution in [0.15, 0.2) is 59.6 Å². The molecule has 1 aliphatic rings. The SMILES string of the molecule is CNc1cccc2nccc(CN3CN(c4ccc(S(=O)(=O)C(F)(F)F)cc4)CC3(C)C)c12. The second-order valence-corrected chi connectivity index (χ2v) is 10.7. The van der Waals surface area contributed by atoms with E-state index in [9.17, 15) is 21.6 Å². The van der Waals surface area contributed by atoms with Crippen molar-refractivity contribution >= 4 is 32.1 Å². The second-order valence-electron chi connectivity index (χ2n) is 8.71. The fourth-order valence-corrected chi connectivity index (χ4v) is 5.00. The minimum absolute atomic E-state index is 0.221. The normalized spacial score (nSPS) is 17.0. The molecule has 0 bridgehead atoms. The van der Waals surface area contributed by atoms with Gasteiger partial charge in [-0.05, 0) is 61.9 Å². The molecule has 4 rings (SSSR count). The van der Waals surface area contributed by atoms with Crippen LogP contribution in [0.25, 0.3) is 10.9 Å². The molecule has 0 amide bonds. The molecule has 2 aromatic carbocycles. The Labute approximate surface area is 190 Å². The van der Waals surface area contributed by atoms with E-state index in [-0.39, 0.29) is 5.54 Å². The first kappa shape index (κ1) is 23.3. The molecule has 0 saturated carbocycles. The number of anilines is 2. The average molecular weight is 479 g/mol. The smallest absolute Gasteiger partial charge is 0.388 e. The zero-order chi connectivity index (χ0) is 24.0. The van der Waals surface area contributed by atoms with Gasteiger partial charge in [0.25, 0.3) is 9.84 Å². The molecule has 1 aromatic heterocycles. The summed E-state index contributed by atoms with van der Waals surface area (Å²) in [5.74, 6) is 0. The summed E-state index contributed by atoms with van der Waals surface area (Å²) >= 11 is 0. The van der Waals surface area contributed by atoms with Crippen molar-refractivity contribution in [2.24, 2.45) is 0 Å². The molecule has 2 heterocycles. The molecule has 1 aliphatic heterocycles. The standard InChI is InChI=1S/C23H25F3N4O2S/c1-22(2)14-29(17-7-9-18(10-8-17)33(31,32)23(24,25)26)15-30(22)13-16-11-12-28-20-6-4-5-19(27-3)21(16)20/h4-12,27H,13-15H2,1-3H3. The van der Waals surface area contributed by atoms with Gasteiger partial charge in [-0.25, -0.2) is 8.42 Å². The Morgan fingerprint density at radius 3 is 2.42 bits per heavy atom. The third-order valence-electron chi connectivity index (χ3n) is 6.08. The summed E-state index contributed by atoms with van der Waals surface area (Å²) in [7, 11) is -3.49. The van der Waals surface area contributed by atoms with Gasteiger partial charge < -0.3 is 10.2 Å². The monoisotopic (exact) mass is 478 g/mol. The van der Waals surface area contributed by atoms with Gasteiger partial charge in [0, 0.05) is 48.6 Å². The number of rotatable bonds is 5. The first-order chi connectivity index (χ1) is 15.4. The maximum atomic E-state index is 12.8. The zero-order valence-electron chi connectivity index (χ0n) is 18.5. The molecule has 0 spiro atoms. The Morgan fingerprint density at radius 2 is 1.79 bits per heavy atom. The zero-order valence-corrected chi connectivity index (χ0v) is 19.3. The highest BCUT2D eigenvalue weighted by Gasteiger charge is 2.47. The summed E-state index contributed by atoms with van der Waals surface area (Å²) in [6, 6.07) is 12.8. The quantitative estimate of drug-likeness (QED) is 0.577. The van der Waals surface area contributed by atoms with Crippen LogP contribution in [0.3, 0.4) is 0 Å². The van der Waals surface area contributed by atoms with Gasteiger partial charge in [0.05, 0.1) is 17.1 Å². The van der Waals surface area contributed by atoms with Crippen molar-refractivity contribution in [2.75, 3.05) is 30.5 Å². The highest BCUT2D eigenvalue weighted by molar-refractivity contribution is 7.92. The third kappa shape index (κ3) is 4.24. The van der Waals surface area contributed by atoms with Crippen LogP contribution in [0.4, 0.5) is 24.5 Å². The van der Waals surface area contributed by atoms with Crippen molar-refractivity contribution < 1.29 is 21.6 Å². The van der Waals surface area contributed by atoms with Crippen LogP contribution in [-0.2, 0) is 16.4 Å². The fourth-order valence-electron chi connectivity index (χ4n) is 4.24. The minimum Gasteiger partial charge on any atom is -0.388 e. The van der Waals surface area contributed by atoms with Gasteiger partial charge in [0.2, 0.25) is 0 Å². The summed E-state index contributed by atoms with van der Waals surface area (Å²) in [6.45, 7) is 6.06. The van der Waals surface area contributed by atoms with Crippen LogP contribution < -0.4 is 10.2 Å². The first-order valence-corrected chi connectivity index (χ1v) is 11.9. The van der Waals surface area contributed by atoms with Gasteiger partial charge in [0.15, 0.2) is 0 Å². The third-order valence-corrected chi connectivity index (χ3v) is 7.58. The van der Waals surface area contributed by atoms with Crippen LogP contribution in [0.1, 0.15) is 19.4 Å².